The van der Waals surface area contributed by atoms with Crippen molar-refractivity contribution in [1.82, 2.24) is 0 Å². The monoisotopic (exact) mass is 323 g/mol. The van der Waals surface area contributed by atoms with Crippen molar-refractivity contribution in [3.63, 3.8) is 0 Å². The van der Waals surface area contributed by atoms with E-state index in [-0.39, 0.29) is 10.5 Å². The summed E-state index contributed by atoms with van der Waals surface area (Å²) >= 11 is 5.42. The molecule has 1 N–H and O–H groups in total. The second kappa shape index (κ2) is 5.87. The average molecular weight is 324 g/mol. The van der Waals surface area contributed by atoms with Crippen LogP contribution in [0.5, 0.6) is 0 Å². The third kappa shape index (κ3) is 3.43. The molecule has 21 heavy (non-hydrogen) atoms. The van der Waals surface area contributed by atoms with Crippen molar-refractivity contribution in [2.75, 3.05) is 4.72 Å². The molecule has 2 aromatic carbocycles. The molecule has 0 atom stereocenters. The Hall–Kier alpha value is -1.85. The number of hydrogen-bond acceptors (Lipinski definition) is 3. The van der Waals surface area contributed by atoms with Gasteiger partial charge in [0.05, 0.1) is 10.6 Å². The minimum atomic E-state index is -3.71. The van der Waals surface area contributed by atoms with Gasteiger partial charge in [0.1, 0.15) is 0 Å². The number of benzene rings is 2. The van der Waals surface area contributed by atoms with Crippen LogP contribution in [0.25, 0.3) is 0 Å². The van der Waals surface area contributed by atoms with Gasteiger partial charge in [-0.05, 0) is 54.8 Å². The first-order chi connectivity index (χ1) is 9.81. The van der Waals surface area contributed by atoms with Crippen LogP contribution in [0.15, 0.2) is 47.4 Å². The summed E-state index contributed by atoms with van der Waals surface area (Å²) in [6, 6.07) is 11.3. The number of nitrogens with one attached hydrogen (secondary N) is 1. The lowest BCUT2D eigenvalue weighted by Gasteiger charge is -2.12. The zero-order chi connectivity index (χ0) is 15.6. The predicted octanol–water partition coefficient (Wildman–Crippen LogP) is 3.48. The largest absolute Gasteiger partial charge is 0.279 e. The SMILES string of the molecule is Cc1ccc(C(=O)Cl)cc1NS(=O)(=O)c1ccccc1C. The van der Waals surface area contributed by atoms with Crippen LogP contribution >= 0.6 is 11.6 Å². The molecule has 0 amide bonds. The van der Waals surface area contributed by atoms with E-state index in [0.717, 1.165) is 0 Å². The highest BCUT2D eigenvalue weighted by molar-refractivity contribution is 7.92. The Morgan fingerprint density at radius 2 is 1.71 bits per heavy atom. The molecule has 0 bridgehead atoms. The lowest BCUT2D eigenvalue weighted by molar-refractivity contribution is 0.108. The smallest absolute Gasteiger partial charge is 0.262 e. The van der Waals surface area contributed by atoms with Gasteiger partial charge >= 0.3 is 0 Å². The van der Waals surface area contributed by atoms with Crippen LogP contribution < -0.4 is 4.72 Å². The summed E-state index contributed by atoms with van der Waals surface area (Å²) in [5, 5.41) is -0.633. The maximum atomic E-state index is 12.4. The second-order valence-electron chi connectivity index (χ2n) is 4.67. The summed E-state index contributed by atoms with van der Waals surface area (Å²) in [7, 11) is -3.71. The fourth-order valence-electron chi connectivity index (χ4n) is 1.91. The highest BCUT2D eigenvalue weighted by Crippen LogP contribution is 2.23. The molecule has 2 rings (SSSR count). The maximum absolute atomic E-state index is 12.4. The molecule has 0 aromatic heterocycles. The van der Waals surface area contributed by atoms with E-state index in [1.54, 1.807) is 44.2 Å². The van der Waals surface area contributed by atoms with E-state index >= 15 is 0 Å². The molecular weight excluding hydrogens is 310 g/mol. The van der Waals surface area contributed by atoms with Crippen LogP contribution in [0.4, 0.5) is 5.69 Å². The molecule has 0 saturated heterocycles. The Labute approximate surface area is 128 Å². The zero-order valence-corrected chi connectivity index (χ0v) is 13.1. The summed E-state index contributed by atoms with van der Waals surface area (Å²) in [6.07, 6.45) is 0. The van der Waals surface area contributed by atoms with Gasteiger partial charge in [-0.15, -0.1) is 0 Å². The van der Waals surface area contributed by atoms with E-state index in [2.05, 4.69) is 4.72 Å². The molecule has 0 radical (unpaired) electrons. The zero-order valence-electron chi connectivity index (χ0n) is 11.6. The Kier molecular flexibility index (Phi) is 4.34. The Bertz CT molecular complexity index is 800. The van der Waals surface area contributed by atoms with Crippen LogP contribution in [0.1, 0.15) is 21.5 Å². The highest BCUT2D eigenvalue weighted by atomic mass is 35.5. The highest BCUT2D eigenvalue weighted by Gasteiger charge is 2.18. The fraction of sp³-hybridized carbons (Fsp3) is 0.133. The summed E-state index contributed by atoms with van der Waals surface area (Å²) in [5.74, 6) is 0. The van der Waals surface area contributed by atoms with Gasteiger partial charge < -0.3 is 0 Å². The van der Waals surface area contributed by atoms with Crippen molar-refractivity contribution >= 4 is 32.6 Å². The van der Waals surface area contributed by atoms with Crippen molar-refractivity contribution in [2.24, 2.45) is 0 Å². The molecule has 110 valence electrons. The number of anilines is 1. The fourth-order valence-corrected chi connectivity index (χ4v) is 3.40. The van der Waals surface area contributed by atoms with Crippen LogP contribution in [0, 0.1) is 13.8 Å². The molecule has 0 spiro atoms. The Morgan fingerprint density at radius 1 is 1.05 bits per heavy atom. The van der Waals surface area contributed by atoms with E-state index < -0.39 is 15.3 Å². The molecule has 4 nitrogen and oxygen atoms in total. The van der Waals surface area contributed by atoms with Crippen molar-refractivity contribution in [2.45, 2.75) is 18.7 Å². The van der Waals surface area contributed by atoms with E-state index in [0.29, 0.717) is 16.8 Å². The number of sulfonamides is 1. The van der Waals surface area contributed by atoms with Crippen molar-refractivity contribution < 1.29 is 13.2 Å². The number of carbonyl (C=O) groups is 1. The lowest BCUT2D eigenvalue weighted by Crippen LogP contribution is -2.15. The normalized spacial score (nSPS) is 11.2. The van der Waals surface area contributed by atoms with Crippen molar-refractivity contribution in [3.8, 4) is 0 Å². The quantitative estimate of drug-likeness (QED) is 0.876. The predicted molar refractivity (Wildman–Crippen MR) is 83.4 cm³/mol. The Balaban J connectivity index is 2.44. The lowest BCUT2D eigenvalue weighted by atomic mass is 10.1. The third-order valence-electron chi connectivity index (χ3n) is 3.09. The number of hydrogen-bond donors (Lipinski definition) is 1. The average Bonchev–Trinajstić information content (AvgIpc) is 2.41. The first-order valence-corrected chi connectivity index (χ1v) is 8.06. The van der Waals surface area contributed by atoms with Gasteiger partial charge in [-0.2, -0.15) is 0 Å². The van der Waals surface area contributed by atoms with Crippen molar-refractivity contribution in [1.29, 1.82) is 0 Å². The summed E-state index contributed by atoms with van der Waals surface area (Å²) in [5.41, 5.74) is 1.93. The van der Waals surface area contributed by atoms with Crippen molar-refractivity contribution in [3.05, 3.63) is 59.2 Å². The molecule has 0 aliphatic carbocycles. The van der Waals surface area contributed by atoms with Crippen LogP contribution in [-0.2, 0) is 10.0 Å². The van der Waals surface area contributed by atoms with Gasteiger partial charge in [-0.25, -0.2) is 8.42 Å². The Morgan fingerprint density at radius 3 is 2.33 bits per heavy atom. The van der Waals surface area contributed by atoms with Gasteiger partial charge in [-0.3, -0.25) is 9.52 Å². The minimum absolute atomic E-state index is 0.201. The molecule has 0 saturated carbocycles. The molecule has 0 heterocycles. The van der Waals surface area contributed by atoms with Crippen LogP contribution in [-0.4, -0.2) is 13.7 Å². The standard InChI is InChI=1S/C15H14ClNO3S/c1-10-7-8-12(15(16)18)9-13(10)17-21(19,20)14-6-4-3-5-11(14)2/h3-9,17H,1-2H3. The molecule has 0 fully saturated rings. The first-order valence-electron chi connectivity index (χ1n) is 6.20. The van der Waals surface area contributed by atoms with Crippen LogP contribution in [0.3, 0.4) is 0 Å². The topological polar surface area (TPSA) is 63.2 Å². The van der Waals surface area contributed by atoms with Gasteiger partial charge in [0.2, 0.25) is 0 Å². The molecule has 0 aliphatic heterocycles. The molecule has 6 heteroatoms. The van der Waals surface area contributed by atoms with Gasteiger partial charge in [0.25, 0.3) is 15.3 Å². The van der Waals surface area contributed by atoms with E-state index in [1.165, 1.54) is 12.1 Å². The number of rotatable bonds is 4. The summed E-state index contributed by atoms with van der Waals surface area (Å²) in [6.45, 7) is 3.47. The number of aryl methyl sites for hydroxylation is 2. The summed E-state index contributed by atoms with van der Waals surface area (Å²) in [4.78, 5) is 11.4. The molecule has 2 aromatic rings. The third-order valence-corrected chi connectivity index (χ3v) is 4.84. The number of halogens is 1. The number of carbonyl (C=O) groups excluding carboxylic acids is 1. The molecule has 0 aliphatic rings. The van der Waals surface area contributed by atoms with Gasteiger partial charge in [-0.1, -0.05) is 24.3 Å². The molecule has 0 unspecified atom stereocenters. The van der Waals surface area contributed by atoms with Gasteiger partial charge in [0, 0.05) is 5.56 Å². The van der Waals surface area contributed by atoms with E-state index in [9.17, 15) is 13.2 Å². The second-order valence-corrected chi connectivity index (χ2v) is 6.67. The maximum Gasteiger partial charge on any atom is 0.262 e. The minimum Gasteiger partial charge on any atom is -0.279 e. The van der Waals surface area contributed by atoms with E-state index in [4.69, 9.17) is 11.6 Å². The van der Waals surface area contributed by atoms with Gasteiger partial charge in [0.15, 0.2) is 0 Å². The summed E-state index contributed by atoms with van der Waals surface area (Å²) < 4.78 is 27.4. The van der Waals surface area contributed by atoms with Crippen LogP contribution in [0.2, 0.25) is 0 Å². The van der Waals surface area contributed by atoms with E-state index in [1.807, 2.05) is 0 Å². The first kappa shape index (κ1) is 15.5. The molecular formula is C15H14ClNO3S.